The van der Waals surface area contributed by atoms with Crippen LogP contribution in [0, 0.1) is 0 Å². The van der Waals surface area contributed by atoms with Crippen molar-refractivity contribution >= 4 is 0 Å². The van der Waals surface area contributed by atoms with Crippen LogP contribution in [0.3, 0.4) is 0 Å². The number of halogens is 1. The van der Waals surface area contributed by atoms with Gasteiger partial charge in [-0.2, -0.15) is 0 Å². The molecule has 0 aromatic rings. The molecular formula is C4H9FN2. The average Bonchev–Trinajstić information content (AvgIpc) is 1.65. The highest BCUT2D eigenvalue weighted by Crippen LogP contribution is 1.87. The maximum absolute atomic E-state index is 11.8. The normalized spacial score (nSPS) is 9.14. The van der Waals surface area contributed by atoms with Gasteiger partial charge < -0.3 is 0 Å². The molecule has 0 aliphatic carbocycles. The molecule has 0 fully saturated rings. The molecule has 0 heterocycles. The average molecular weight is 104 g/mol. The lowest BCUT2D eigenvalue weighted by molar-refractivity contribution is -0.102. The van der Waals surface area contributed by atoms with E-state index in [0.29, 0.717) is 5.23 Å². The lowest BCUT2D eigenvalue weighted by Crippen LogP contribution is -2.23. The van der Waals surface area contributed by atoms with Crippen LogP contribution < -0.4 is 0 Å². The molecule has 0 saturated heterocycles. The van der Waals surface area contributed by atoms with Crippen LogP contribution in [0.4, 0.5) is 4.48 Å². The molecule has 0 amide bonds. The van der Waals surface area contributed by atoms with Crippen molar-refractivity contribution in [2.75, 3.05) is 14.1 Å². The number of hydrazine groups is 1. The number of hydrogen-bond acceptors (Lipinski definition) is 2. The first-order valence-corrected chi connectivity index (χ1v) is 1.93. The van der Waals surface area contributed by atoms with Gasteiger partial charge in [-0.1, -0.05) is 11.8 Å². The minimum Gasteiger partial charge on any atom is -0.290 e. The van der Waals surface area contributed by atoms with Crippen molar-refractivity contribution in [2.24, 2.45) is 0 Å². The van der Waals surface area contributed by atoms with Gasteiger partial charge in [-0.25, -0.2) is 0 Å². The smallest absolute Gasteiger partial charge is 0.0393 e. The van der Waals surface area contributed by atoms with E-state index in [1.165, 1.54) is 18.3 Å². The predicted octanol–water partition coefficient (Wildman–Crippen LogP) is 0.793. The van der Waals surface area contributed by atoms with E-state index in [1.54, 1.807) is 7.05 Å². The summed E-state index contributed by atoms with van der Waals surface area (Å²) in [7, 11) is 2.86. The second-order valence-corrected chi connectivity index (χ2v) is 1.20. The Morgan fingerprint density at radius 2 is 2.00 bits per heavy atom. The fourth-order valence-corrected chi connectivity index (χ4v) is 0.113. The molecule has 7 heavy (non-hydrogen) atoms. The number of nitrogens with zero attached hydrogens (tertiary/aromatic N) is 2. The van der Waals surface area contributed by atoms with Gasteiger partial charge in [0.1, 0.15) is 0 Å². The predicted molar refractivity (Wildman–Crippen MR) is 26.8 cm³/mol. The molecule has 0 bridgehead atoms. The molecule has 3 heteroatoms. The van der Waals surface area contributed by atoms with Crippen LogP contribution in [-0.4, -0.2) is 24.3 Å². The van der Waals surface area contributed by atoms with E-state index >= 15 is 0 Å². The molecular weight excluding hydrogens is 95.1 g/mol. The highest BCUT2D eigenvalue weighted by molar-refractivity contribution is 4.58. The van der Waals surface area contributed by atoms with Gasteiger partial charge in [0.2, 0.25) is 0 Å². The second-order valence-electron chi connectivity index (χ2n) is 1.20. The first-order chi connectivity index (χ1) is 3.18. The maximum atomic E-state index is 11.8. The Morgan fingerprint density at radius 3 is 2.00 bits per heavy atom. The summed E-state index contributed by atoms with van der Waals surface area (Å²) in [5, 5.41) is 1.66. The van der Waals surface area contributed by atoms with Gasteiger partial charge in [0.05, 0.1) is 0 Å². The topological polar surface area (TPSA) is 6.48 Å². The third-order valence-corrected chi connectivity index (χ3v) is 0.699. The molecule has 2 nitrogen and oxygen atoms in total. The Bertz CT molecular complexity index is 62.7. The highest BCUT2D eigenvalue weighted by Gasteiger charge is 1.91. The van der Waals surface area contributed by atoms with Crippen LogP contribution >= 0.6 is 0 Å². The van der Waals surface area contributed by atoms with E-state index in [4.69, 9.17) is 0 Å². The molecule has 0 aliphatic rings. The van der Waals surface area contributed by atoms with Gasteiger partial charge in [0, 0.05) is 20.3 Å². The Morgan fingerprint density at radius 1 is 1.57 bits per heavy atom. The van der Waals surface area contributed by atoms with E-state index < -0.39 is 0 Å². The molecule has 0 N–H and O–H groups in total. The molecule has 0 rings (SSSR count). The SMILES string of the molecule is C=CN(C)N(C)F. The molecule has 0 aromatic heterocycles. The van der Waals surface area contributed by atoms with E-state index in [2.05, 4.69) is 6.58 Å². The summed E-state index contributed by atoms with van der Waals surface area (Å²) >= 11 is 0. The molecule has 0 saturated carbocycles. The van der Waals surface area contributed by atoms with Crippen molar-refractivity contribution < 1.29 is 4.48 Å². The van der Waals surface area contributed by atoms with Gasteiger partial charge in [-0.3, -0.25) is 5.01 Å². The fourth-order valence-electron chi connectivity index (χ4n) is 0.113. The Labute approximate surface area is 42.7 Å². The van der Waals surface area contributed by atoms with Crippen molar-refractivity contribution in [3.8, 4) is 0 Å². The van der Waals surface area contributed by atoms with Crippen molar-refractivity contribution in [3.05, 3.63) is 12.8 Å². The highest BCUT2D eigenvalue weighted by atomic mass is 19.2. The number of hydrogen-bond donors (Lipinski definition) is 0. The van der Waals surface area contributed by atoms with E-state index in [-0.39, 0.29) is 0 Å². The van der Waals surface area contributed by atoms with Gasteiger partial charge in [0.25, 0.3) is 0 Å². The van der Waals surface area contributed by atoms with Crippen LogP contribution in [-0.2, 0) is 0 Å². The standard InChI is InChI=1S/C4H9FN2/c1-4-6(2)7(3)5/h4H,1H2,2-3H3. The van der Waals surface area contributed by atoms with Crippen molar-refractivity contribution in [3.63, 3.8) is 0 Å². The first-order valence-electron chi connectivity index (χ1n) is 1.93. The summed E-state index contributed by atoms with van der Waals surface area (Å²) in [4.78, 5) is 0. The third-order valence-electron chi connectivity index (χ3n) is 0.699. The Hall–Kier alpha value is -0.570. The zero-order chi connectivity index (χ0) is 5.86. The summed E-state index contributed by atoms with van der Waals surface area (Å²) in [6.45, 7) is 3.33. The summed E-state index contributed by atoms with van der Waals surface area (Å²) in [6.07, 6.45) is 1.38. The maximum Gasteiger partial charge on any atom is 0.0393 e. The van der Waals surface area contributed by atoms with Crippen LogP contribution in [0.15, 0.2) is 12.8 Å². The molecule has 42 valence electrons. The van der Waals surface area contributed by atoms with Crippen molar-refractivity contribution in [1.82, 2.24) is 10.2 Å². The van der Waals surface area contributed by atoms with Gasteiger partial charge in [-0.15, -0.1) is 4.48 Å². The lowest BCUT2D eigenvalue weighted by Gasteiger charge is -2.15. The van der Waals surface area contributed by atoms with E-state index in [0.717, 1.165) is 0 Å². The minimum absolute atomic E-state index is 0.438. The van der Waals surface area contributed by atoms with E-state index in [1.807, 2.05) is 0 Å². The Kier molecular flexibility index (Phi) is 2.37. The minimum atomic E-state index is 0.438. The molecule has 0 unspecified atom stereocenters. The van der Waals surface area contributed by atoms with Crippen LogP contribution in [0.1, 0.15) is 0 Å². The molecule has 0 aromatic carbocycles. The molecule has 0 radical (unpaired) electrons. The summed E-state index contributed by atoms with van der Waals surface area (Å²) in [6, 6.07) is 0. The van der Waals surface area contributed by atoms with E-state index in [9.17, 15) is 4.48 Å². The van der Waals surface area contributed by atoms with Crippen molar-refractivity contribution in [1.29, 1.82) is 0 Å². The quantitative estimate of drug-likeness (QED) is 0.377. The largest absolute Gasteiger partial charge is 0.290 e. The van der Waals surface area contributed by atoms with Gasteiger partial charge in [0.15, 0.2) is 0 Å². The van der Waals surface area contributed by atoms with Gasteiger partial charge >= 0.3 is 0 Å². The van der Waals surface area contributed by atoms with Gasteiger partial charge in [-0.05, 0) is 0 Å². The summed E-state index contributed by atoms with van der Waals surface area (Å²) < 4.78 is 11.8. The Balaban J connectivity index is 3.33. The van der Waals surface area contributed by atoms with Crippen LogP contribution in [0.25, 0.3) is 0 Å². The zero-order valence-corrected chi connectivity index (χ0v) is 4.56. The van der Waals surface area contributed by atoms with Crippen molar-refractivity contribution in [2.45, 2.75) is 0 Å². The van der Waals surface area contributed by atoms with Crippen LogP contribution in [0.2, 0.25) is 0 Å². The first kappa shape index (κ1) is 6.43. The fraction of sp³-hybridized carbons (Fsp3) is 0.500. The monoisotopic (exact) mass is 104 g/mol. The summed E-state index contributed by atoms with van der Waals surface area (Å²) in [5.74, 6) is 0. The van der Waals surface area contributed by atoms with Crippen LogP contribution in [0.5, 0.6) is 0 Å². The number of rotatable bonds is 2. The second kappa shape index (κ2) is 2.58. The third kappa shape index (κ3) is 2.17. The zero-order valence-electron chi connectivity index (χ0n) is 4.56. The summed E-state index contributed by atoms with van der Waals surface area (Å²) in [5.41, 5.74) is 0. The molecule has 0 spiro atoms. The molecule has 0 atom stereocenters. The molecule has 0 aliphatic heterocycles. The lowest BCUT2D eigenvalue weighted by atomic mass is 10.9.